The topological polar surface area (TPSA) is 85.4 Å². The smallest absolute Gasteiger partial charge is 0.239 e. The van der Waals surface area contributed by atoms with E-state index >= 15 is 0 Å². The number of rotatable bonds is 3. The van der Waals surface area contributed by atoms with Gasteiger partial charge in [-0.1, -0.05) is 0 Å². The molecule has 6 heteroatoms. The Morgan fingerprint density at radius 1 is 1.54 bits per heavy atom. The van der Waals surface area contributed by atoms with E-state index in [1.165, 1.54) is 0 Å². The van der Waals surface area contributed by atoms with E-state index in [1.807, 2.05) is 10.8 Å². The number of nitrogens with one attached hydrogen (secondary N) is 1. The van der Waals surface area contributed by atoms with Gasteiger partial charge in [0, 0.05) is 25.4 Å². The van der Waals surface area contributed by atoms with Gasteiger partial charge >= 0.3 is 0 Å². The van der Waals surface area contributed by atoms with E-state index in [9.17, 15) is 0 Å². The Morgan fingerprint density at radius 2 is 2.46 bits per heavy atom. The van der Waals surface area contributed by atoms with Gasteiger partial charge in [0.1, 0.15) is 5.82 Å². The van der Waals surface area contributed by atoms with Gasteiger partial charge in [-0.3, -0.25) is 5.10 Å². The molecular weight excluding hydrogens is 168 g/mol. The van der Waals surface area contributed by atoms with Crippen LogP contribution in [0.3, 0.4) is 0 Å². The van der Waals surface area contributed by atoms with Crippen molar-refractivity contribution < 1.29 is 0 Å². The van der Waals surface area contributed by atoms with Crippen molar-refractivity contribution in [2.45, 2.75) is 13.0 Å². The van der Waals surface area contributed by atoms with Gasteiger partial charge in [-0.15, -0.1) is 5.10 Å². The van der Waals surface area contributed by atoms with Crippen molar-refractivity contribution in [1.29, 1.82) is 0 Å². The standard InChI is InChI=1S/C7H10N6/c8-7-10-6(11-12-7)1-3-13-4-2-9-5-13/h2,4-5H,1,3H2,(H3,8,10,11,12). The summed E-state index contributed by atoms with van der Waals surface area (Å²) in [7, 11) is 0. The molecule has 0 unspecified atom stereocenters. The Bertz CT molecular complexity index is 362. The van der Waals surface area contributed by atoms with Gasteiger partial charge < -0.3 is 10.3 Å². The third kappa shape index (κ3) is 1.84. The van der Waals surface area contributed by atoms with Gasteiger partial charge in [-0.05, 0) is 0 Å². The van der Waals surface area contributed by atoms with Crippen LogP contribution in [0.2, 0.25) is 0 Å². The van der Waals surface area contributed by atoms with Crippen LogP contribution in [-0.2, 0) is 13.0 Å². The second-order valence-corrected chi connectivity index (χ2v) is 2.69. The fourth-order valence-corrected chi connectivity index (χ4v) is 1.08. The molecule has 0 aromatic carbocycles. The molecule has 0 aliphatic carbocycles. The van der Waals surface area contributed by atoms with Crippen LogP contribution in [-0.4, -0.2) is 24.7 Å². The van der Waals surface area contributed by atoms with Crippen LogP contribution < -0.4 is 5.73 Å². The fraction of sp³-hybridized carbons (Fsp3) is 0.286. The lowest BCUT2D eigenvalue weighted by Crippen LogP contribution is -2.00. The Hall–Kier alpha value is -1.85. The van der Waals surface area contributed by atoms with Crippen molar-refractivity contribution in [1.82, 2.24) is 24.7 Å². The summed E-state index contributed by atoms with van der Waals surface area (Å²) in [5, 5.41) is 6.48. The normalized spacial score (nSPS) is 10.5. The summed E-state index contributed by atoms with van der Waals surface area (Å²) in [6.45, 7) is 0.828. The number of imidazole rings is 1. The molecule has 2 aromatic rings. The highest BCUT2D eigenvalue weighted by molar-refractivity contribution is 5.12. The van der Waals surface area contributed by atoms with Crippen molar-refractivity contribution in [3.05, 3.63) is 24.5 Å². The van der Waals surface area contributed by atoms with E-state index in [0.717, 1.165) is 18.8 Å². The number of aromatic amines is 1. The lowest BCUT2D eigenvalue weighted by Gasteiger charge is -1.97. The van der Waals surface area contributed by atoms with E-state index in [1.54, 1.807) is 12.5 Å². The molecule has 3 N–H and O–H groups in total. The SMILES string of the molecule is Nc1n[nH]c(CCn2ccnc2)n1. The summed E-state index contributed by atoms with van der Waals surface area (Å²) in [5.74, 6) is 1.09. The maximum absolute atomic E-state index is 5.35. The van der Waals surface area contributed by atoms with Crippen LogP contribution in [0.15, 0.2) is 18.7 Å². The molecule has 0 bridgehead atoms. The molecule has 2 heterocycles. The van der Waals surface area contributed by atoms with Crippen LogP contribution >= 0.6 is 0 Å². The number of aromatic nitrogens is 5. The largest absolute Gasteiger partial charge is 0.367 e. The highest BCUT2D eigenvalue weighted by Gasteiger charge is 1.98. The lowest BCUT2D eigenvalue weighted by atomic mass is 10.4. The van der Waals surface area contributed by atoms with Crippen LogP contribution in [0.1, 0.15) is 5.82 Å². The first-order valence-electron chi connectivity index (χ1n) is 3.97. The van der Waals surface area contributed by atoms with Gasteiger partial charge in [-0.25, -0.2) is 4.98 Å². The maximum atomic E-state index is 5.35. The van der Waals surface area contributed by atoms with Gasteiger partial charge in [0.05, 0.1) is 6.33 Å². The Balaban J connectivity index is 1.93. The number of aryl methyl sites for hydroxylation is 2. The van der Waals surface area contributed by atoms with Crippen LogP contribution in [0.4, 0.5) is 5.95 Å². The Labute approximate surface area is 74.8 Å². The molecule has 0 saturated heterocycles. The molecule has 0 atom stereocenters. The van der Waals surface area contributed by atoms with Crippen molar-refractivity contribution >= 4 is 5.95 Å². The molecule has 0 saturated carbocycles. The summed E-state index contributed by atoms with van der Waals surface area (Å²) in [5.41, 5.74) is 5.35. The van der Waals surface area contributed by atoms with E-state index in [4.69, 9.17) is 5.73 Å². The summed E-state index contributed by atoms with van der Waals surface area (Å²) >= 11 is 0. The average Bonchev–Trinajstić information content (AvgIpc) is 2.71. The molecule has 68 valence electrons. The minimum atomic E-state index is 0.292. The number of hydrogen-bond acceptors (Lipinski definition) is 4. The summed E-state index contributed by atoms with van der Waals surface area (Å²) in [6, 6.07) is 0. The number of H-pyrrole nitrogens is 1. The molecule has 0 amide bonds. The summed E-state index contributed by atoms with van der Waals surface area (Å²) < 4.78 is 1.97. The lowest BCUT2D eigenvalue weighted by molar-refractivity contribution is 0.673. The highest BCUT2D eigenvalue weighted by atomic mass is 15.3. The zero-order chi connectivity index (χ0) is 9.10. The number of hydrogen-bond donors (Lipinski definition) is 2. The first-order chi connectivity index (χ1) is 6.34. The number of nitrogens with two attached hydrogens (primary N) is 1. The number of anilines is 1. The minimum Gasteiger partial charge on any atom is -0.367 e. The van der Waals surface area contributed by atoms with Gasteiger partial charge in [-0.2, -0.15) is 4.98 Å². The molecule has 6 nitrogen and oxygen atoms in total. The van der Waals surface area contributed by atoms with E-state index in [0.29, 0.717) is 5.95 Å². The second kappa shape index (κ2) is 3.26. The molecule has 13 heavy (non-hydrogen) atoms. The Kier molecular flexibility index (Phi) is 1.95. The van der Waals surface area contributed by atoms with Crippen molar-refractivity contribution in [3.8, 4) is 0 Å². The van der Waals surface area contributed by atoms with E-state index in [-0.39, 0.29) is 0 Å². The minimum absolute atomic E-state index is 0.292. The second-order valence-electron chi connectivity index (χ2n) is 2.69. The molecule has 0 aliphatic heterocycles. The first kappa shape index (κ1) is 7.78. The summed E-state index contributed by atoms with van der Waals surface area (Å²) in [6.07, 6.45) is 6.19. The van der Waals surface area contributed by atoms with Crippen LogP contribution in [0.5, 0.6) is 0 Å². The van der Waals surface area contributed by atoms with Crippen molar-refractivity contribution in [2.24, 2.45) is 0 Å². The highest BCUT2D eigenvalue weighted by Crippen LogP contribution is 1.96. The summed E-state index contributed by atoms with van der Waals surface area (Å²) in [4.78, 5) is 7.92. The van der Waals surface area contributed by atoms with E-state index < -0.39 is 0 Å². The molecule has 0 fully saturated rings. The molecular formula is C7H10N6. The fourth-order valence-electron chi connectivity index (χ4n) is 1.08. The van der Waals surface area contributed by atoms with Gasteiger partial charge in [0.2, 0.25) is 5.95 Å². The number of nitrogen functional groups attached to an aromatic ring is 1. The quantitative estimate of drug-likeness (QED) is 0.683. The third-order valence-corrected chi connectivity index (χ3v) is 1.72. The van der Waals surface area contributed by atoms with Gasteiger partial charge in [0.25, 0.3) is 0 Å². The van der Waals surface area contributed by atoms with Crippen molar-refractivity contribution in [2.75, 3.05) is 5.73 Å². The average molecular weight is 178 g/mol. The molecule has 0 spiro atoms. The predicted molar refractivity (Wildman–Crippen MR) is 46.7 cm³/mol. The monoisotopic (exact) mass is 178 g/mol. The molecule has 0 aliphatic rings. The Morgan fingerprint density at radius 3 is 3.08 bits per heavy atom. The zero-order valence-corrected chi connectivity index (χ0v) is 7.01. The van der Waals surface area contributed by atoms with Crippen LogP contribution in [0, 0.1) is 0 Å². The predicted octanol–water partition coefficient (Wildman–Crippen LogP) is -0.174. The van der Waals surface area contributed by atoms with Crippen LogP contribution in [0.25, 0.3) is 0 Å². The van der Waals surface area contributed by atoms with Gasteiger partial charge in [0.15, 0.2) is 0 Å². The molecule has 0 radical (unpaired) electrons. The molecule has 2 aromatic heterocycles. The zero-order valence-electron chi connectivity index (χ0n) is 7.01. The third-order valence-electron chi connectivity index (χ3n) is 1.72. The molecule has 2 rings (SSSR count). The maximum Gasteiger partial charge on any atom is 0.239 e. The van der Waals surface area contributed by atoms with Crippen molar-refractivity contribution in [3.63, 3.8) is 0 Å². The number of nitrogens with zero attached hydrogens (tertiary/aromatic N) is 4. The van der Waals surface area contributed by atoms with E-state index in [2.05, 4.69) is 20.2 Å². The first-order valence-corrected chi connectivity index (χ1v) is 3.97.